The summed E-state index contributed by atoms with van der Waals surface area (Å²) < 4.78 is 16.6. The van der Waals surface area contributed by atoms with Crippen LogP contribution < -0.4 is 0 Å². The number of hydrogen-bond donors (Lipinski definition) is 0. The van der Waals surface area contributed by atoms with Gasteiger partial charge in [0.2, 0.25) is 0 Å². The van der Waals surface area contributed by atoms with Gasteiger partial charge in [0.05, 0.1) is 44.8 Å². The van der Waals surface area contributed by atoms with Crippen molar-refractivity contribution in [1.82, 2.24) is 0 Å². The normalized spacial score (nSPS) is 11.5. The maximum Gasteiger partial charge on any atom is 0.327 e. The number of rotatable bonds is 17. The summed E-state index contributed by atoms with van der Waals surface area (Å²) in [7, 11) is 0. The first-order chi connectivity index (χ1) is 12.2. The molecule has 0 N–H and O–H groups in total. The van der Waals surface area contributed by atoms with E-state index in [2.05, 4.69) is 19.1 Å². The SMILES string of the molecule is CCC=CCCCCCCCCOP(=S)(OCCC#N)OCCC#N. The molecule has 0 atom stereocenters. The molecule has 142 valence electrons. The number of allylic oxidation sites excluding steroid dienone is 2. The highest BCUT2D eigenvalue weighted by atomic mass is 32.5. The second kappa shape index (κ2) is 18.1. The first-order valence-electron chi connectivity index (χ1n) is 9.11. The van der Waals surface area contributed by atoms with Crippen molar-refractivity contribution >= 4 is 18.5 Å². The van der Waals surface area contributed by atoms with E-state index in [0.29, 0.717) is 6.61 Å². The molecular weight excluding hydrogens is 355 g/mol. The molecule has 0 aromatic heterocycles. The van der Waals surface area contributed by atoms with Crippen molar-refractivity contribution in [2.24, 2.45) is 0 Å². The smallest absolute Gasteiger partial charge is 0.309 e. The first-order valence-corrected chi connectivity index (χ1v) is 11.7. The summed E-state index contributed by atoms with van der Waals surface area (Å²) >= 11 is 5.32. The van der Waals surface area contributed by atoms with Gasteiger partial charge >= 0.3 is 6.72 Å². The minimum Gasteiger partial charge on any atom is -0.309 e. The quantitative estimate of drug-likeness (QED) is 0.179. The third-order valence-electron chi connectivity index (χ3n) is 3.34. The maximum absolute atomic E-state index is 8.57. The van der Waals surface area contributed by atoms with Crippen LogP contribution in [-0.4, -0.2) is 19.8 Å². The van der Waals surface area contributed by atoms with E-state index in [9.17, 15) is 0 Å². The molecular formula is C18H31N2O3PS. The molecule has 0 heterocycles. The van der Waals surface area contributed by atoms with Gasteiger partial charge in [-0.2, -0.15) is 10.5 Å². The van der Waals surface area contributed by atoms with Gasteiger partial charge in [-0.1, -0.05) is 44.8 Å². The van der Waals surface area contributed by atoms with Crippen LogP contribution >= 0.6 is 6.72 Å². The summed E-state index contributed by atoms with van der Waals surface area (Å²) in [6, 6.07) is 4.00. The Morgan fingerprint density at radius 1 is 0.800 bits per heavy atom. The highest BCUT2D eigenvalue weighted by Crippen LogP contribution is 2.50. The van der Waals surface area contributed by atoms with Gasteiger partial charge in [-0.25, -0.2) is 0 Å². The summed E-state index contributed by atoms with van der Waals surface area (Å²) in [6.07, 6.45) is 14.2. The van der Waals surface area contributed by atoms with Gasteiger partial charge in [0.25, 0.3) is 0 Å². The lowest BCUT2D eigenvalue weighted by molar-refractivity contribution is 0.158. The molecule has 0 rings (SSSR count). The van der Waals surface area contributed by atoms with E-state index in [1.807, 2.05) is 12.1 Å². The molecule has 0 radical (unpaired) electrons. The third kappa shape index (κ3) is 16.5. The summed E-state index contributed by atoms with van der Waals surface area (Å²) in [4.78, 5) is 0. The molecule has 7 heteroatoms. The van der Waals surface area contributed by atoms with Crippen molar-refractivity contribution in [3.05, 3.63) is 12.2 Å². The molecule has 0 aliphatic rings. The van der Waals surface area contributed by atoms with Gasteiger partial charge in [0, 0.05) is 0 Å². The first kappa shape index (κ1) is 24.2. The lowest BCUT2D eigenvalue weighted by Crippen LogP contribution is -2.03. The average Bonchev–Trinajstić information content (AvgIpc) is 2.60. The summed E-state index contributed by atoms with van der Waals surface area (Å²) in [6.45, 7) is 0.220. The number of unbranched alkanes of at least 4 members (excludes halogenated alkanes) is 6. The Morgan fingerprint density at radius 2 is 1.32 bits per heavy atom. The molecule has 5 nitrogen and oxygen atoms in total. The number of hydrogen-bond acceptors (Lipinski definition) is 6. The number of nitriles is 2. The van der Waals surface area contributed by atoms with E-state index in [-0.39, 0.29) is 26.1 Å². The van der Waals surface area contributed by atoms with Gasteiger partial charge in [-0.3, -0.25) is 0 Å². The lowest BCUT2D eigenvalue weighted by atomic mass is 10.1. The molecule has 0 saturated carbocycles. The fourth-order valence-corrected chi connectivity index (χ4v) is 3.93. The highest BCUT2D eigenvalue weighted by molar-refractivity contribution is 8.07. The maximum atomic E-state index is 8.57. The van der Waals surface area contributed by atoms with E-state index in [4.69, 9.17) is 35.9 Å². The van der Waals surface area contributed by atoms with E-state index in [1.165, 1.54) is 32.1 Å². The minimum atomic E-state index is -2.83. The topological polar surface area (TPSA) is 75.3 Å². The molecule has 0 aromatic carbocycles. The van der Waals surface area contributed by atoms with Crippen LogP contribution in [0.15, 0.2) is 12.2 Å². The van der Waals surface area contributed by atoms with Crippen molar-refractivity contribution < 1.29 is 13.6 Å². The molecule has 25 heavy (non-hydrogen) atoms. The third-order valence-corrected chi connectivity index (χ3v) is 5.79. The standard InChI is InChI=1S/C18H31N2O3PS/c1-2-3-4-5-6-7-8-9-10-11-16-21-24(25,22-17-12-14-19)23-18-13-15-20/h3-4H,2,5-13,16-18H2,1H3. The predicted molar refractivity (Wildman–Crippen MR) is 104 cm³/mol. The largest absolute Gasteiger partial charge is 0.327 e. The Kier molecular flexibility index (Phi) is 17.5. The van der Waals surface area contributed by atoms with Gasteiger partial charge in [0.15, 0.2) is 0 Å². The Balaban J connectivity index is 3.79. The van der Waals surface area contributed by atoms with Crippen LogP contribution in [0.5, 0.6) is 0 Å². The summed E-state index contributed by atoms with van der Waals surface area (Å²) in [5, 5.41) is 17.1. The van der Waals surface area contributed by atoms with Crippen LogP contribution in [0, 0.1) is 22.7 Å². The van der Waals surface area contributed by atoms with Crippen molar-refractivity contribution in [3.8, 4) is 12.1 Å². The Morgan fingerprint density at radius 3 is 1.88 bits per heavy atom. The van der Waals surface area contributed by atoms with Crippen molar-refractivity contribution in [1.29, 1.82) is 10.5 Å². The molecule has 0 bridgehead atoms. The van der Waals surface area contributed by atoms with Crippen LogP contribution in [0.3, 0.4) is 0 Å². The van der Waals surface area contributed by atoms with Gasteiger partial charge in [-0.15, -0.1) is 0 Å². The summed E-state index contributed by atoms with van der Waals surface area (Å²) in [5.74, 6) is 0. The second-order valence-electron chi connectivity index (χ2n) is 5.55. The van der Waals surface area contributed by atoms with Crippen molar-refractivity contribution in [2.75, 3.05) is 19.8 Å². The van der Waals surface area contributed by atoms with Gasteiger partial charge < -0.3 is 13.6 Å². The van der Waals surface area contributed by atoms with Crippen LogP contribution in [-0.2, 0) is 25.4 Å². The summed E-state index contributed by atoms with van der Waals surface area (Å²) in [5.41, 5.74) is 0. The molecule has 0 spiro atoms. The van der Waals surface area contributed by atoms with Gasteiger partial charge in [0.1, 0.15) is 0 Å². The van der Waals surface area contributed by atoms with E-state index in [1.54, 1.807) is 0 Å². The van der Waals surface area contributed by atoms with E-state index < -0.39 is 6.72 Å². The molecule has 0 aromatic rings. The fourth-order valence-electron chi connectivity index (χ4n) is 2.05. The molecule has 0 aliphatic heterocycles. The molecule has 0 unspecified atom stereocenters. The van der Waals surface area contributed by atoms with Crippen LogP contribution in [0.4, 0.5) is 0 Å². The predicted octanol–water partition coefficient (Wildman–Crippen LogP) is 5.78. The average molecular weight is 386 g/mol. The Hall–Kier alpha value is -0.750. The number of nitrogens with zero attached hydrogens (tertiary/aromatic N) is 2. The van der Waals surface area contributed by atoms with E-state index in [0.717, 1.165) is 19.3 Å². The monoisotopic (exact) mass is 386 g/mol. The van der Waals surface area contributed by atoms with Crippen LogP contribution in [0.25, 0.3) is 0 Å². The zero-order chi connectivity index (χ0) is 18.6. The zero-order valence-corrected chi connectivity index (χ0v) is 17.0. The van der Waals surface area contributed by atoms with Crippen molar-refractivity contribution in [2.45, 2.75) is 71.1 Å². The Labute approximate surface area is 158 Å². The van der Waals surface area contributed by atoms with E-state index >= 15 is 0 Å². The fraction of sp³-hybridized carbons (Fsp3) is 0.778. The molecule has 0 aliphatic carbocycles. The molecule has 0 amide bonds. The van der Waals surface area contributed by atoms with Crippen molar-refractivity contribution in [3.63, 3.8) is 0 Å². The molecule has 0 fully saturated rings. The second-order valence-corrected chi connectivity index (χ2v) is 8.56. The highest BCUT2D eigenvalue weighted by Gasteiger charge is 2.20. The lowest BCUT2D eigenvalue weighted by Gasteiger charge is -2.21. The Bertz CT molecular complexity index is 448. The minimum absolute atomic E-state index is 0.201. The van der Waals surface area contributed by atoms with Crippen LogP contribution in [0.2, 0.25) is 0 Å². The molecule has 0 saturated heterocycles. The van der Waals surface area contributed by atoms with Gasteiger partial charge in [-0.05, 0) is 37.5 Å². The van der Waals surface area contributed by atoms with Crippen LogP contribution in [0.1, 0.15) is 71.1 Å². The zero-order valence-electron chi connectivity index (χ0n) is 15.3.